The summed E-state index contributed by atoms with van der Waals surface area (Å²) in [6.07, 6.45) is 7.62. The average molecular weight is 329 g/mol. The van der Waals surface area contributed by atoms with Gasteiger partial charge in [-0.05, 0) is 38.7 Å². The molecule has 0 bridgehead atoms. The Morgan fingerprint density at radius 1 is 1.38 bits per heavy atom. The van der Waals surface area contributed by atoms with Crippen LogP contribution in [-0.4, -0.2) is 43.0 Å². The second kappa shape index (κ2) is 6.98. The van der Waals surface area contributed by atoms with E-state index in [2.05, 4.69) is 14.5 Å². The van der Waals surface area contributed by atoms with Gasteiger partial charge in [0.25, 0.3) is 0 Å². The summed E-state index contributed by atoms with van der Waals surface area (Å²) in [6, 6.07) is 1.83. The first-order valence-electron chi connectivity index (χ1n) is 8.31. The van der Waals surface area contributed by atoms with Gasteiger partial charge in [-0.3, -0.25) is 9.36 Å². The maximum absolute atomic E-state index is 12.6. The number of aromatic nitrogens is 4. The van der Waals surface area contributed by atoms with E-state index in [0.29, 0.717) is 11.6 Å². The third kappa shape index (κ3) is 3.72. The normalized spacial score (nSPS) is 17.9. The molecule has 1 saturated heterocycles. The van der Waals surface area contributed by atoms with Gasteiger partial charge in [-0.25, -0.2) is 9.78 Å². The van der Waals surface area contributed by atoms with Gasteiger partial charge in [-0.15, -0.1) is 0 Å². The third-order valence-corrected chi connectivity index (χ3v) is 4.54. The summed E-state index contributed by atoms with van der Waals surface area (Å²) in [5.41, 5.74) is 1.10. The largest absolute Gasteiger partial charge is 0.348 e. The van der Waals surface area contributed by atoms with E-state index in [1.807, 2.05) is 30.4 Å². The lowest BCUT2D eigenvalue weighted by Gasteiger charge is -2.33. The molecule has 24 heavy (non-hydrogen) atoms. The third-order valence-electron chi connectivity index (χ3n) is 4.54. The van der Waals surface area contributed by atoms with E-state index in [4.69, 9.17) is 0 Å². The molecule has 0 saturated carbocycles. The number of carbonyl (C=O) groups is 1. The topological polar surface area (TPSA) is 73.0 Å². The van der Waals surface area contributed by atoms with E-state index in [-0.39, 0.29) is 18.1 Å². The molecule has 7 heteroatoms. The van der Waals surface area contributed by atoms with E-state index in [9.17, 15) is 9.59 Å². The molecule has 1 fully saturated rings. The van der Waals surface area contributed by atoms with Gasteiger partial charge in [0.1, 0.15) is 6.54 Å². The number of likely N-dealkylation sites (tertiary alicyclic amines) is 1. The number of rotatable bonds is 4. The van der Waals surface area contributed by atoms with Gasteiger partial charge in [-0.1, -0.05) is 0 Å². The summed E-state index contributed by atoms with van der Waals surface area (Å²) in [5, 5.41) is 0. The van der Waals surface area contributed by atoms with Crippen LogP contribution in [0.15, 0.2) is 29.6 Å². The van der Waals surface area contributed by atoms with Crippen LogP contribution in [0.1, 0.15) is 24.2 Å². The molecule has 0 aromatic carbocycles. The Hall–Kier alpha value is -2.44. The van der Waals surface area contributed by atoms with Crippen LogP contribution in [0.4, 0.5) is 0 Å². The molecule has 128 valence electrons. The Balaban J connectivity index is 1.65. The van der Waals surface area contributed by atoms with Crippen LogP contribution in [0.2, 0.25) is 0 Å². The summed E-state index contributed by atoms with van der Waals surface area (Å²) in [5.74, 6) is 0.409. The zero-order valence-electron chi connectivity index (χ0n) is 14.2. The lowest BCUT2D eigenvalue weighted by Crippen LogP contribution is -2.44. The zero-order valence-corrected chi connectivity index (χ0v) is 14.2. The Bertz CT molecular complexity index is 766. The first-order chi connectivity index (χ1) is 11.5. The van der Waals surface area contributed by atoms with Crippen molar-refractivity contribution in [3.05, 3.63) is 46.7 Å². The lowest BCUT2D eigenvalue weighted by molar-refractivity contribution is -0.133. The van der Waals surface area contributed by atoms with Crippen LogP contribution in [-0.2, 0) is 17.9 Å². The highest BCUT2D eigenvalue weighted by Crippen LogP contribution is 2.18. The first-order valence-corrected chi connectivity index (χ1v) is 8.31. The fourth-order valence-corrected chi connectivity index (χ4v) is 3.34. The molecule has 2 aromatic heterocycles. The first kappa shape index (κ1) is 16.4. The van der Waals surface area contributed by atoms with Crippen molar-refractivity contribution in [2.45, 2.75) is 39.8 Å². The maximum Gasteiger partial charge on any atom is 0.348 e. The van der Waals surface area contributed by atoms with Gasteiger partial charge in [0.05, 0.1) is 6.33 Å². The van der Waals surface area contributed by atoms with E-state index >= 15 is 0 Å². The fourth-order valence-electron chi connectivity index (χ4n) is 3.34. The molecule has 1 aliphatic heterocycles. The standard InChI is InChI=1S/C17H23N5O2/c1-13-8-14(2)22(17(24)19-13)11-16(23)21-6-3-4-15(10-21)9-20-7-5-18-12-20/h5,7-8,12,15H,3-4,6,9-11H2,1-2H3/t15-/m0/s1. The molecular weight excluding hydrogens is 306 g/mol. The Kier molecular flexibility index (Phi) is 4.78. The molecule has 0 unspecified atom stereocenters. The molecule has 0 spiro atoms. The molecule has 2 aromatic rings. The van der Waals surface area contributed by atoms with Crippen molar-refractivity contribution in [2.75, 3.05) is 13.1 Å². The van der Waals surface area contributed by atoms with Crippen LogP contribution < -0.4 is 5.69 Å². The molecule has 3 rings (SSSR count). The molecule has 0 aliphatic carbocycles. The van der Waals surface area contributed by atoms with Crippen LogP contribution in [0.3, 0.4) is 0 Å². The quantitative estimate of drug-likeness (QED) is 0.839. The minimum Gasteiger partial charge on any atom is -0.341 e. The van der Waals surface area contributed by atoms with Crippen molar-refractivity contribution >= 4 is 5.91 Å². The molecule has 1 amide bonds. The van der Waals surface area contributed by atoms with E-state index < -0.39 is 0 Å². The second-order valence-electron chi connectivity index (χ2n) is 6.52. The van der Waals surface area contributed by atoms with Gasteiger partial charge in [0, 0.05) is 43.4 Å². The van der Waals surface area contributed by atoms with Crippen molar-refractivity contribution in [2.24, 2.45) is 5.92 Å². The summed E-state index contributed by atoms with van der Waals surface area (Å²) >= 11 is 0. The highest BCUT2D eigenvalue weighted by molar-refractivity contribution is 5.76. The number of nitrogens with zero attached hydrogens (tertiary/aromatic N) is 5. The predicted octanol–water partition coefficient (Wildman–Crippen LogP) is 0.995. The van der Waals surface area contributed by atoms with Crippen LogP contribution in [0, 0.1) is 19.8 Å². The van der Waals surface area contributed by atoms with Crippen molar-refractivity contribution in [3.63, 3.8) is 0 Å². The van der Waals surface area contributed by atoms with Gasteiger partial charge in [-0.2, -0.15) is 4.98 Å². The van der Waals surface area contributed by atoms with Gasteiger partial charge >= 0.3 is 5.69 Å². The van der Waals surface area contributed by atoms with Crippen molar-refractivity contribution in [1.82, 2.24) is 24.0 Å². The van der Waals surface area contributed by atoms with Crippen molar-refractivity contribution in [3.8, 4) is 0 Å². The number of amides is 1. The molecule has 7 nitrogen and oxygen atoms in total. The summed E-state index contributed by atoms with van der Waals surface area (Å²) in [4.78, 5) is 34.5. The van der Waals surface area contributed by atoms with Gasteiger partial charge in [0.2, 0.25) is 5.91 Å². The number of hydrogen-bond acceptors (Lipinski definition) is 4. The van der Waals surface area contributed by atoms with Crippen molar-refractivity contribution < 1.29 is 4.79 Å². The number of imidazole rings is 1. The van der Waals surface area contributed by atoms with Gasteiger partial charge < -0.3 is 9.47 Å². The highest BCUT2D eigenvalue weighted by Gasteiger charge is 2.24. The van der Waals surface area contributed by atoms with E-state index in [1.54, 1.807) is 13.1 Å². The molecule has 0 radical (unpaired) electrons. The maximum atomic E-state index is 12.6. The summed E-state index contributed by atoms with van der Waals surface area (Å²) < 4.78 is 3.51. The fraction of sp³-hybridized carbons (Fsp3) is 0.529. The molecule has 3 heterocycles. The van der Waals surface area contributed by atoms with Crippen molar-refractivity contribution in [1.29, 1.82) is 0 Å². The minimum atomic E-state index is -0.354. The summed E-state index contributed by atoms with van der Waals surface area (Å²) in [6.45, 7) is 6.04. The molecular formula is C17H23N5O2. The SMILES string of the molecule is Cc1cc(C)n(CC(=O)N2CCC[C@@H](Cn3ccnc3)C2)c(=O)n1. The predicted molar refractivity (Wildman–Crippen MR) is 89.5 cm³/mol. The smallest absolute Gasteiger partial charge is 0.341 e. The Morgan fingerprint density at radius 2 is 2.21 bits per heavy atom. The zero-order chi connectivity index (χ0) is 17.1. The Morgan fingerprint density at radius 3 is 2.92 bits per heavy atom. The number of aryl methyl sites for hydroxylation is 2. The van der Waals surface area contributed by atoms with Gasteiger partial charge in [0.15, 0.2) is 0 Å². The lowest BCUT2D eigenvalue weighted by atomic mass is 9.98. The minimum absolute atomic E-state index is 0.0128. The monoisotopic (exact) mass is 329 g/mol. The second-order valence-corrected chi connectivity index (χ2v) is 6.52. The highest BCUT2D eigenvalue weighted by atomic mass is 16.2. The number of hydrogen-bond donors (Lipinski definition) is 0. The number of carbonyl (C=O) groups excluding carboxylic acids is 1. The molecule has 1 atom stereocenters. The Labute approximate surface area is 141 Å². The van der Waals surface area contributed by atoms with E-state index in [0.717, 1.165) is 38.2 Å². The van der Waals surface area contributed by atoms with Crippen LogP contribution in [0.25, 0.3) is 0 Å². The molecule has 0 N–H and O–H groups in total. The van der Waals surface area contributed by atoms with Crippen LogP contribution >= 0.6 is 0 Å². The molecule has 1 aliphatic rings. The van der Waals surface area contributed by atoms with E-state index in [1.165, 1.54) is 4.57 Å². The summed E-state index contributed by atoms with van der Waals surface area (Å²) in [7, 11) is 0. The average Bonchev–Trinajstić information content (AvgIpc) is 3.04. The number of piperidine rings is 1. The van der Waals surface area contributed by atoms with Crippen LogP contribution in [0.5, 0.6) is 0 Å².